The molecule has 7 heteroatoms. The fraction of sp³-hybridized carbons (Fsp3) is 0.111. The zero-order chi connectivity index (χ0) is 24.2. The van der Waals surface area contributed by atoms with E-state index < -0.39 is 5.91 Å². The number of halogens is 1. The number of carbonyl (C=O) groups is 2. The quantitative estimate of drug-likeness (QED) is 0.307. The number of furan rings is 1. The Morgan fingerprint density at radius 1 is 1.09 bits per heavy atom. The second kappa shape index (κ2) is 9.85. The maximum Gasteiger partial charge on any atom is 0.248 e. The largest absolute Gasteiger partial charge is 0.493 e. The van der Waals surface area contributed by atoms with Crippen molar-refractivity contribution in [2.24, 2.45) is 5.73 Å². The van der Waals surface area contributed by atoms with Gasteiger partial charge in [-0.15, -0.1) is 0 Å². The molecule has 0 unspecified atom stereocenters. The highest BCUT2D eigenvalue weighted by molar-refractivity contribution is 6.30. The van der Waals surface area contributed by atoms with Crippen molar-refractivity contribution in [3.05, 3.63) is 89.2 Å². The second-order valence-electron chi connectivity index (χ2n) is 7.69. The van der Waals surface area contributed by atoms with Gasteiger partial charge >= 0.3 is 0 Å². The Kier molecular flexibility index (Phi) is 6.70. The summed E-state index contributed by atoms with van der Waals surface area (Å²) in [6.45, 7) is 4.22. The second-order valence-corrected chi connectivity index (χ2v) is 8.13. The number of hydrogen-bond donors (Lipinski definition) is 2. The lowest BCUT2D eigenvalue weighted by Crippen LogP contribution is -2.12. The van der Waals surface area contributed by atoms with E-state index in [1.807, 2.05) is 50.2 Å². The van der Waals surface area contributed by atoms with Crippen molar-refractivity contribution >= 4 is 45.6 Å². The fourth-order valence-electron chi connectivity index (χ4n) is 3.66. The number of carbonyl (C=O) groups excluding carboxylic acids is 2. The monoisotopic (exact) mass is 474 g/mol. The molecule has 3 aromatic carbocycles. The number of primary amides is 1. The van der Waals surface area contributed by atoms with Crippen molar-refractivity contribution in [3.63, 3.8) is 0 Å². The molecule has 6 nitrogen and oxygen atoms in total. The molecule has 172 valence electrons. The Hall–Kier alpha value is -4.03. The van der Waals surface area contributed by atoms with Gasteiger partial charge in [0.25, 0.3) is 0 Å². The Morgan fingerprint density at radius 3 is 2.44 bits per heavy atom. The van der Waals surface area contributed by atoms with Gasteiger partial charge in [-0.2, -0.15) is 0 Å². The number of nitrogens with two attached hydrogens (primary N) is 1. The maximum absolute atomic E-state index is 12.7. The molecule has 4 rings (SSSR count). The minimum Gasteiger partial charge on any atom is -0.493 e. The lowest BCUT2D eigenvalue weighted by atomic mass is 9.99. The molecule has 0 radical (unpaired) electrons. The van der Waals surface area contributed by atoms with E-state index in [0.717, 1.165) is 27.6 Å². The van der Waals surface area contributed by atoms with Crippen LogP contribution >= 0.6 is 11.6 Å². The first-order valence-electron chi connectivity index (χ1n) is 10.7. The predicted octanol–water partition coefficient (Wildman–Crippen LogP) is 6.29. The van der Waals surface area contributed by atoms with Crippen molar-refractivity contribution in [2.75, 3.05) is 11.9 Å². The molecule has 0 spiro atoms. The van der Waals surface area contributed by atoms with E-state index in [4.69, 9.17) is 26.5 Å². The standard InChI is InChI=1S/C27H23ClN2O4/c1-3-33-24-14-25-22(23(15-34-25)17-4-8-19(28)9-5-17)13-21(24)16(2)12-26(31)30-20-10-6-18(7-11-20)27(29)32/h4-15H,3H2,1-2H3,(H2,29,32)(H,30,31)/b16-12+. The number of anilines is 1. The van der Waals surface area contributed by atoms with Gasteiger partial charge in [-0.05, 0) is 67.4 Å². The van der Waals surface area contributed by atoms with E-state index in [1.165, 1.54) is 6.08 Å². The molecule has 0 bridgehead atoms. The summed E-state index contributed by atoms with van der Waals surface area (Å²) in [5.74, 6) is -0.207. The predicted molar refractivity (Wildman–Crippen MR) is 135 cm³/mol. The summed E-state index contributed by atoms with van der Waals surface area (Å²) in [4.78, 5) is 23.9. The van der Waals surface area contributed by atoms with Crippen LogP contribution in [0.3, 0.4) is 0 Å². The normalized spacial score (nSPS) is 11.4. The Bertz CT molecular complexity index is 1390. The van der Waals surface area contributed by atoms with Gasteiger partial charge < -0.3 is 20.2 Å². The van der Waals surface area contributed by atoms with Crippen LogP contribution in [0.2, 0.25) is 5.02 Å². The Labute approximate surface area is 202 Å². The molecule has 0 fully saturated rings. The molecule has 2 amide bonds. The lowest BCUT2D eigenvalue weighted by Gasteiger charge is -2.12. The average molecular weight is 475 g/mol. The van der Waals surface area contributed by atoms with Crippen LogP contribution in [0.5, 0.6) is 5.75 Å². The van der Waals surface area contributed by atoms with E-state index >= 15 is 0 Å². The molecule has 3 N–H and O–H groups in total. The first-order chi connectivity index (χ1) is 16.4. The van der Waals surface area contributed by atoms with Gasteiger partial charge in [-0.25, -0.2) is 0 Å². The van der Waals surface area contributed by atoms with Crippen molar-refractivity contribution in [3.8, 4) is 16.9 Å². The number of amides is 2. The number of allylic oxidation sites excluding steroid dienone is 1. The third kappa shape index (κ3) is 4.97. The summed E-state index contributed by atoms with van der Waals surface area (Å²) in [5.41, 5.74) is 10.3. The Balaban J connectivity index is 1.67. The number of benzene rings is 3. The molecule has 0 saturated carbocycles. The SMILES string of the molecule is CCOc1cc2occ(-c3ccc(Cl)cc3)c2cc1/C(C)=C/C(=O)Nc1ccc(C(N)=O)cc1. The van der Waals surface area contributed by atoms with E-state index in [1.54, 1.807) is 30.5 Å². The summed E-state index contributed by atoms with van der Waals surface area (Å²) in [6, 6.07) is 17.7. The highest BCUT2D eigenvalue weighted by Gasteiger charge is 2.15. The zero-order valence-corrected chi connectivity index (χ0v) is 19.5. The first-order valence-corrected chi connectivity index (χ1v) is 11.1. The molecule has 1 aromatic heterocycles. The van der Waals surface area contributed by atoms with Gasteiger partial charge in [-0.1, -0.05) is 23.7 Å². The molecule has 0 aliphatic rings. The first kappa shape index (κ1) is 23.1. The van der Waals surface area contributed by atoms with Crippen molar-refractivity contribution in [2.45, 2.75) is 13.8 Å². The highest BCUT2D eigenvalue weighted by Crippen LogP contribution is 2.37. The highest BCUT2D eigenvalue weighted by atomic mass is 35.5. The number of ether oxygens (including phenoxy) is 1. The molecule has 0 atom stereocenters. The maximum atomic E-state index is 12.7. The number of fused-ring (bicyclic) bond motifs is 1. The average Bonchev–Trinajstić information content (AvgIpc) is 3.22. The lowest BCUT2D eigenvalue weighted by molar-refractivity contribution is -0.111. The van der Waals surface area contributed by atoms with Gasteiger partial charge in [-0.3, -0.25) is 9.59 Å². The van der Waals surface area contributed by atoms with Gasteiger partial charge in [0.05, 0.1) is 12.9 Å². The van der Waals surface area contributed by atoms with Gasteiger partial charge in [0.2, 0.25) is 11.8 Å². The molecule has 34 heavy (non-hydrogen) atoms. The molecule has 1 heterocycles. The zero-order valence-electron chi connectivity index (χ0n) is 18.7. The molecule has 0 aliphatic carbocycles. The molecular weight excluding hydrogens is 452 g/mol. The summed E-state index contributed by atoms with van der Waals surface area (Å²) >= 11 is 6.04. The summed E-state index contributed by atoms with van der Waals surface area (Å²) in [5, 5.41) is 4.35. The molecular formula is C27H23ClN2O4. The van der Waals surface area contributed by atoms with E-state index in [0.29, 0.717) is 34.2 Å². The number of nitrogens with one attached hydrogen (secondary N) is 1. The number of rotatable bonds is 7. The minimum atomic E-state index is -0.523. The van der Waals surface area contributed by atoms with Crippen LogP contribution in [0, 0.1) is 0 Å². The molecule has 0 aliphatic heterocycles. The summed E-state index contributed by atoms with van der Waals surface area (Å²) in [7, 11) is 0. The fourth-order valence-corrected chi connectivity index (χ4v) is 3.79. The van der Waals surface area contributed by atoms with Crippen LogP contribution in [0.25, 0.3) is 27.7 Å². The van der Waals surface area contributed by atoms with Crippen LogP contribution in [-0.2, 0) is 4.79 Å². The van der Waals surface area contributed by atoms with E-state index in [9.17, 15) is 9.59 Å². The number of hydrogen-bond acceptors (Lipinski definition) is 4. The van der Waals surface area contributed by atoms with Crippen LogP contribution in [0.4, 0.5) is 5.69 Å². The third-order valence-corrected chi connectivity index (χ3v) is 5.59. The third-order valence-electron chi connectivity index (χ3n) is 5.34. The smallest absolute Gasteiger partial charge is 0.248 e. The molecule has 4 aromatic rings. The molecule has 0 saturated heterocycles. The van der Waals surface area contributed by atoms with Crippen LogP contribution < -0.4 is 15.8 Å². The van der Waals surface area contributed by atoms with Crippen LogP contribution in [0.15, 0.2) is 77.4 Å². The van der Waals surface area contributed by atoms with Crippen LogP contribution in [0.1, 0.15) is 29.8 Å². The minimum absolute atomic E-state index is 0.308. The van der Waals surface area contributed by atoms with E-state index in [2.05, 4.69) is 5.32 Å². The van der Waals surface area contributed by atoms with Crippen LogP contribution in [-0.4, -0.2) is 18.4 Å². The van der Waals surface area contributed by atoms with Crippen molar-refractivity contribution in [1.29, 1.82) is 0 Å². The van der Waals surface area contributed by atoms with Crippen molar-refractivity contribution < 1.29 is 18.7 Å². The van der Waals surface area contributed by atoms with E-state index in [-0.39, 0.29) is 5.91 Å². The summed E-state index contributed by atoms with van der Waals surface area (Å²) < 4.78 is 11.6. The summed E-state index contributed by atoms with van der Waals surface area (Å²) in [6.07, 6.45) is 3.21. The van der Waals surface area contributed by atoms with Crippen molar-refractivity contribution in [1.82, 2.24) is 0 Å². The van der Waals surface area contributed by atoms with Gasteiger partial charge in [0.1, 0.15) is 11.3 Å². The Morgan fingerprint density at radius 2 is 1.79 bits per heavy atom. The van der Waals surface area contributed by atoms with Gasteiger partial charge in [0, 0.05) is 44.9 Å². The topological polar surface area (TPSA) is 94.6 Å². The van der Waals surface area contributed by atoms with Gasteiger partial charge in [0.15, 0.2) is 0 Å².